The molecule has 5 heteroatoms. The highest BCUT2D eigenvalue weighted by Crippen LogP contribution is 2.31. The minimum atomic E-state index is -0.243. The van der Waals surface area contributed by atoms with E-state index in [2.05, 4.69) is 9.97 Å². The maximum atomic E-state index is 12.9. The number of imidazole rings is 1. The molecule has 1 aromatic heterocycles. The number of aromatic nitrogens is 2. The summed E-state index contributed by atoms with van der Waals surface area (Å²) < 4.78 is 0. The lowest BCUT2D eigenvalue weighted by Crippen LogP contribution is -2.03. The van der Waals surface area contributed by atoms with Crippen LogP contribution in [0.1, 0.15) is 16.2 Å². The fourth-order valence-electron chi connectivity index (χ4n) is 2.87. The van der Waals surface area contributed by atoms with E-state index in [1.54, 1.807) is 18.2 Å². The predicted octanol–water partition coefficient (Wildman–Crippen LogP) is 6.28. The van der Waals surface area contributed by atoms with Gasteiger partial charge in [0.25, 0.3) is 0 Å². The molecule has 0 unspecified atom stereocenters. The van der Waals surface area contributed by atoms with E-state index in [4.69, 9.17) is 23.2 Å². The molecule has 0 bridgehead atoms. The van der Waals surface area contributed by atoms with Crippen LogP contribution in [0.3, 0.4) is 0 Å². The van der Waals surface area contributed by atoms with Crippen LogP contribution in [0.5, 0.6) is 0 Å². The summed E-state index contributed by atoms with van der Waals surface area (Å²) in [7, 11) is 0. The first kappa shape index (κ1) is 17.5. The Morgan fingerprint density at radius 1 is 0.778 bits per heavy atom. The quantitative estimate of drug-likeness (QED) is 0.415. The third-order valence-electron chi connectivity index (χ3n) is 4.21. The van der Waals surface area contributed by atoms with Gasteiger partial charge in [0, 0.05) is 16.7 Å². The lowest BCUT2D eigenvalue weighted by Gasteiger charge is -2.02. The first-order chi connectivity index (χ1) is 13.1. The normalized spacial score (nSPS) is 10.7. The number of halogens is 2. The number of benzene rings is 3. The Hall–Kier alpha value is -2.88. The van der Waals surface area contributed by atoms with Gasteiger partial charge in [-0.25, -0.2) is 4.98 Å². The topological polar surface area (TPSA) is 45.8 Å². The van der Waals surface area contributed by atoms with Gasteiger partial charge in [-0.15, -0.1) is 0 Å². The Morgan fingerprint density at radius 3 is 2.04 bits per heavy atom. The molecule has 3 aromatic carbocycles. The van der Waals surface area contributed by atoms with Crippen molar-refractivity contribution in [2.75, 3.05) is 0 Å². The summed E-state index contributed by atoms with van der Waals surface area (Å²) in [5, 5.41) is 0.739. The van der Waals surface area contributed by atoms with Crippen molar-refractivity contribution in [3.8, 4) is 22.5 Å². The zero-order chi connectivity index (χ0) is 18.8. The molecule has 1 heterocycles. The van der Waals surface area contributed by atoms with Gasteiger partial charge in [-0.1, -0.05) is 83.9 Å². The molecule has 4 aromatic rings. The minimum absolute atomic E-state index is 0.243. The van der Waals surface area contributed by atoms with Gasteiger partial charge in [0.15, 0.2) is 5.82 Å². The number of nitrogens with one attached hydrogen (secondary N) is 1. The van der Waals surface area contributed by atoms with Crippen LogP contribution in [0.25, 0.3) is 22.5 Å². The molecular weight excluding hydrogens is 379 g/mol. The van der Waals surface area contributed by atoms with Crippen molar-refractivity contribution in [2.45, 2.75) is 0 Å². The predicted molar refractivity (Wildman–Crippen MR) is 109 cm³/mol. The highest BCUT2D eigenvalue weighted by Gasteiger charge is 2.20. The van der Waals surface area contributed by atoms with Crippen LogP contribution in [0, 0.1) is 0 Å². The van der Waals surface area contributed by atoms with Crippen LogP contribution in [0.4, 0.5) is 0 Å². The van der Waals surface area contributed by atoms with Gasteiger partial charge in [0.05, 0.1) is 21.4 Å². The van der Waals surface area contributed by atoms with E-state index in [1.165, 1.54) is 0 Å². The van der Waals surface area contributed by atoms with Gasteiger partial charge in [-0.05, 0) is 18.2 Å². The summed E-state index contributed by atoms with van der Waals surface area (Å²) in [4.78, 5) is 20.7. The monoisotopic (exact) mass is 392 g/mol. The standard InChI is InChI=1S/C22H14Cl2N2O/c23-17-12-11-16(13-18(17)24)21(27)22-25-19(14-7-3-1-4-8-14)20(26-22)15-9-5-2-6-10-15/h1-13H,(H,25,26). The van der Waals surface area contributed by atoms with Gasteiger partial charge >= 0.3 is 0 Å². The lowest BCUT2D eigenvalue weighted by atomic mass is 10.1. The Kier molecular flexibility index (Phi) is 4.80. The second-order valence-corrected chi connectivity index (χ2v) is 6.81. The third kappa shape index (κ3) is 3.52. The maximum absolute atomic E-state index is 12.9. The Morgan fingerprint density at radius 2 is 1.41 bits per heavy atom. The lowest BCUT2D eigenvalue weighted by molar-refractivity contribution is 0.103. The van der Waals surface area contributed by atoms with Crippen LogP contribution in [-0.2, 0) is 0 Å². The molecule has 0 fully saturated rings. The zero-order valence-electron chi connectivity index (χ0n) is 14.1. The molecule has 0 saturated heterocycles. The average molecular weight is 393 g/mol. The Bertz CT molecular complexity index is 1050. The van der Waals surface area contributed by atoms with Crippen molar-refractivity contribution >= 4 is 29.0 Å². The first-order valence-corrected chi connectivity index (χ1v) is 9.09. The number of ketones is 1. The molecule has 3 nitrogen and oxygen atoms in total. The number of hydrogen-bond donors (Lipinski definition) is 1. The molecule has 0 radical (unpaired) electrons. The average Bonchev–Trinajstić information content (AvgIpc) is 3.16. The minimum Gasteiger partial charge on any atom is -0.335 e. The summed E-state index contributed by atoms with van der Waals surface area (Å²) >= 11 is 12.0. The van der Waals surface area contributed by atoms with Crippen LogP contribution < -0.4 is 0 Å². The van der Waals surface area contributed by atoms with Crippen molar-refractivity contribution in [3.63, 3.8) is 0 Å². The highest BCUT2D eigenvalue weighted by atomic mass is 35.5. The summed E-state index contributed by atoms with van der Waals surface area (Å²) in [5.74, 6) is 0.0130. The molecule has 0 aliphatic rings. The number of carbonyl (C=O) groups is 1. The van der Waals surface area contributed by atoms with Crippen molar-refractivity contribution in [1.82, 2.24) is 9.97 Å². The smallest absolute Gasteiger partial charge is 0.228 e. The molecule has 0 atom stereocenters. The third-order valence-corrected chi connectivity index (χ3v) is 4.95. The first-order valence-electron chi connectivity index (χ1n) is 8.34. The summed E-state index contributed by atoms with van der Waals surface area (Å²) in [6, 6.07) is 24.4. The molecule has 0 aliphatic carbocycles. The van der Waals surface area contributed by atoms with Gasteiger partial charge in [0.2, 0.25) is 5.78 Å². The number of aromatic amines is 1. The van der Waals surface area contributed by atoms with E-state index in [0.717, 1.165) is 22.5 Å². The largest absolute Gasteiger partial charge is 0.335 e. The molecule has 1 N–H and O–H groups in total. The summed E-state index contributed by atoms with van der Waals surface area (Å²) in [6.07, 6.45) is 0. The number of carbonyl (C=O) groups excluding carboxylic acids is 1. The fraction of sp³-hybridized carbons (Fsp3) is 0. The molecule has 132 valence electrons. The van der Waals surface area contributed by atoms with Gasteiger partial charge in [-0.3, -0.25) is 4.79 Å². The van der Waals surface area contributed by atoms with E-state index < -0.39 is 0 Å². The molecule has 27 heavy (non-hydrogen) atoms. The molecule has 0 aliphatic heterocycles. The number of hydrogen-bond acceptors (Lipinski definition) is 2. The van der Waals surface area contributed by atoms with Crippen molar-refractivity contribution < 1.29 is 4.79 Å². The van der Waals surface area contributed by atoms with E-state index in [-0.39, 0.29) is 11.6 Å². The van der Waals surface area contributed by atoms with Gasteiger partial charge < -0.3 is 4.98 Å². The molecule has 0 saturated carbocycles. The number of rotatable bonds is 4. The summed E-state index contributed by atoms with van der Waals surface area (Å²) in [5.41, 5.74) is 3.84. The second-order valence-electron chi connectivity index (χ2n) is 6.00. The van der Waals surface area contributed by atoms with Crippen LogP contribution in [0.2, 0.25) is 10.0 Å². The zero-order valence-corrected chi connectivity index (χ0v) is 15.6. The van der Waals surface area contributed by atoms with Crippen molar-refractivity contribution in [2.24, 2.45) is 0 Å². The molecule has 0 amide bonds. The molecular formula is C22H14Cl2N2O. The van der Waals surface area contributed by atoms with Gasteiger partial charge in [-0.2, -0.15) is 0 Å². The van der Waals surface area contributed by atoms with Crippen LogP contribution in [-0.4, -0.2) is 15.8 Å². The fourth-order valence-corrected chi connectivity index (χ4v) is 3.17. The van der Waals surface area contributed by atoms with E-state index in [0.29, 0.717) is 15.6 Å². The highest BCUT2D eigenvalue weighted by molar-refractivity contribution is 6.42. The van der Waals surface area contributed by atoms with Crippen LogP contribution >= 0.6 is 23.2 Å². The van der Waals surface area contributed by atoms with Crippen molar-refractivity contribution in [3.05, 3.63) is 100 Å². The van der Waals surface area contributed by atoms with E-state index in [1.807, 2.05) is 60.7 Å². The van der Waals surface area contributed by atoms with Crippen LogP contribution in [0.15, 0.2) is 78.9 Å². The number of nitrogens with zero attached hydrogens (tertiary/aromatic N) is 1. The number of H-pyrrole nitrogens is 1. The summed E-state index contributed by atoms with van der Waals surface area (Å²) in [6.45, 7) is 0. The van der Waals surface area contributed by atoms with Crippen molar-refractivity contribution in [1.29, 1.82) is 0 Å². The Balaban J connectivity index is 1.84. The Labute approximate surface area is 166 Å². The molecule has 0 spiro atoms. The van der Waals surface area contributed by atoms with Gasteiger partial charge in [0.1, 0.15) is 0 Å². The van der Waals surface area contributed by atoms with E-state index >= 15 is 0 Å². The second kappa shape index (κ2) is 7.39. The SMILES string of the molecule is O=C(c1ccc(Cl)c(Cl)c1)c1nc(-c2ccccc2)c(-c2ccccc2)[nH]1. The van der Waals surface area contributed by atoms with E-state index in [9.17, 15) is 4.79 Å². The maximum Gasteiger partial charge on any atom is 0.228 e. The molecule has 4 rings (SSSR count).